The Morgan fingerprint density at radius 2 is 2.03 bits per heavy atom. The Hall–Kier alpha value is -3.87. The van der Waals surface area contributed by atoms with Gasteiger partial charge in [0.25, 0.3) is 5.91 Å². The zero-order valence-electron chi connectivity index (χ0n) is 20.2. The minimum atomic E-state index is -1.30. The first kappa shape index (κ1) is 23.9. The number of nitrogens with zero attached hydrogens (tertiary/aromatic N) is 1. The fourth-order valence-electron chi connectivity index (χ4n) is 5.70. The van der Waals surface area contributed by atoms with E-state index in [9.17, 15) is 24.4 Å². The Bertz CT molecular complexity index is 1290. The number of methoxy groups -OCH3 is 1. The van der Waals surface area contributed by atoms with Gasteiger partial charge in [-0.05, 0) is 43.4 Å². The Kier molecular flexibility index (Phi) is 5.94. The third-order valence-electron chi connectivity index (χ3n) is 8.01. The average Bonchev–Trinajstić information content (AvgIpc) is 3.48. The zero-order valence-corrected chi connectivity index (χ0v) is 20.2. The number of rotatable bonds is 7. The standard InChI is InChI=1S/C26H29N5O5/c1-13-21-15(22(32)30-25(21)35)8-9-26(13,12-27)31-24(34)18(10-14-6-7-14)29-23(33)19-11-16-17(28-19)4-3-5-20(16)36-2/h3-5,11,13-15,18,21,28H,6-10H2,1-2H3,(H,29,33)(H,31,34)(H,30,32,35)/t13?,15-,18-,21+,26+/m0/s1. The fraction of sp³-hybridized carbons (Fsp3) is 0.500. The molecule has 1 aromatic heterocycles. The monoisotopic (exact) mass is 491 g/mol. The highest BCUT2D eigenvalue weighted by Crippen LogP contribution is 2.44. The molecule has 10 nitrogen and oxygen atoms in total. The number of fused-ring (bicyclic) bond motifs is 2. The second-order valence-electron chi connectivity index (χ2n) is 10.2. The van der Waals surface area contributed by atoms with E-state index in [1.54, 1.807) is 26.2 Å². The van der Waals surface area contributed by atoms with E-state index in [1.807, 2.05) is 12.1 Å². The minimum absolute atomic E-state index is 0.254. The molecule has 1 unspecified atom stereocenters. The fourth-order valence-corrected chi connectivity index (χ4v) is 5.70. The van der Waals surface area contributed by atoms with Crippen molar-refractivity contribution in [3.05, 3.63) is 30.0 Å². The highest BCUT2D eigenvalue weighted by Gasteiger charge is 2.56. The topological polar surface area (TPSA) is 153 Å². The van der Waals surface area contributed by atoms with Crippen LogP contribution in [0.4, 0.5) is 0 Å². The number of carbonyl (C=O) groups is 4. The number of nitriles is 1. The minimum Gasteiger partial charge on any atom is -0.496 e. The van der Waals surface area contributed by atoms with Gasteiger partial charge < -0.3 is 20.4 Å². The first-order valence-corrected chi connectivity index (χ1v) is 12.3. The van der Waals surface area contributed by atoms with Crippen molar-refractivity contribution in [3.8, 4) is 11.8 Å². The molecule has 0 spiro atoms. The molecule has 2 aliphatic carbocycles. The zero-order chi connectivity index (χ0) is 25.6. The molecule has 4 amide bonds. The highest BCUT2D eigenvalue weighted by molar-refractivity contribution is 6.05. The summed E-state index contributed by atoms with van der Waals surface area (Å²) in [7, 11) is 1.56. The molecule has 3 aliphatic rings. The Morgan fingerprint density at radius 1 is 1.25 bits per heavy atom. The Balaban J connectivity index is 1.35. The van der Waals surface area contributed by atoms with E-state index in [0.717, 1.165) is 23.7 Å². The molecule has 3 fully saturated rings. The molecule has 1 aromatic carbocycles. The molecule has 2 saturated carbocycles. The van der Waals surface area contributed by atoms with Gasteiger partial charge in [0, 0.05) is 16.8 Å². The SMILES string of the molecule is COc1cccc2[nH]c(C(=O)N[C@@H](CC3CC3)C(=O)N[C@@]3(C#N)CC[C@@H]4C(=O)NC(=O)[C@@H]4C3C)cc12. The number of carbonyl (C=O) groups excluding carboxylic acids is 4. The molecule has 2 aromatic rings. The van der Waals surface area contributed by atoms with Crippen molar-refractivity contribution in [2.24, 2.45) is 23.7 Å². The van der Waals surface area contributed by atoms with E-state index in [0.29, 0.717) is 30.2 Å². The largest absolute Gasteiger partial charge is 0.496 e. The lowest BCUT2D eigenvalue weighted by Gasteiger charge is -2.42. The lowest BCUT2D eigenvalue weighted by Crippen LogP contribution is -2.61. The Labute approximate surface area is 208 Å². The number of hydrogen-bond donors (Lipinski definition) is 4. The van der Waals surface area contributed by atoms with E-state index in [-0.39, 0.29) is 12.3 Å². The van der Waals surface area contributed by atoms with Crippen molar-refractivity contribution in [3.63, 3.8) is 0 Å². The van der Waals surface area contributed by atoms with Crippen LogP contribution in [0.2, 0.25) is 0 Å². The van der Waals surface area contributed by atoms with Crippen molar-refractivity contribution in [1.29, 1.82) is 5.26 Å². The maximum absolute atomic E-state index is 13.5. The molecule has 5 rings (SSSR count). The van der Waals surface area contributed by atoms with Crippen molar-refractivity contribution in [1.82, 2.24) is 20.9 Å². The summed E-state index contributed by atoms with van der Waals surface area (Å²) >= 11 is 0. The normalized spacial score (nSPS) is 28.1. The number of hydrogen-bond acceptors (Lipinski definition) is 6. The van der Waals surface area contributed by atoms with Crippen LogP contribution in [0, 0.1) is 35.0 Å². The third kappa shape index (κ3) is 4.08. The molecular weight excluding hydrogens is 462 g/mol. The molecule has 0 radical (unpaired) electrons. The van der Waals surface area contributed by atoms with Gasteiger partial charge in [-0.15, -0.1) is 0 Å². The molecule has 2 heterocycles. The van der Waals surface area contributed by atoms with Crippen LogP contribution < -0.4 is 20.7 Å². The van der Waals surface area contributed by atoms with Gasteiger partial charge in [-0.3, -0.25) is 24.5 Å². The lowest BCUT2D eigenvalue weighted by molar-refractivity contribution is -0.130. The molecule has 36 heavy (non-hydrogen) atoms. The number of benzene rings is 1. The maximum Gasteiger partial charge on any atom is 0.268 e. The van der Waals surface area contributed by atoms with E-state index >= 15 is 0 Å². The van der Waals surface area contributed by atoms with Gasteiger partial charge in [-0.25, -0.2) is 0 Å². The van der Waals surface area contributed by atoms with E-state index in [1.165, 1.54) is 0 Å². The summed E-state index contributed by atoms with van der Waals surface area (Å²) in [5.41, 5.74) is -0.268. The van der Waals surface area contributed by atoms with E-state index in [4.69, 9.17) is 4.74 Å². The summed E-state index contributed by atoms with van der Waals surface area (Å²) in [6.45, 7) is 1.73. The summed E-state index contributed by atoms with van der Waals surface area (Å²) in [6, 6.07) is 8.53. The summed E-state index contributed by atoms with van der Waals surface area (Å²) in [5.74, 6) is -2.35. The van der Waals surface area contributed by atoms with Crippen LogP contribution in [-0.4, -0.2) is 47.3 Å². The average molecular weight is 492 g/mol. The van der Waals surface area contributed by atoms with Crippen LogP contribution in [0.3, 0.4) is 0 Å². The number of amides is 4. The van der Waals surface area contributed by atoms with Gasteiger partial charge in [0.1, 0.15) is 23.0 Å². The number of aromatic amines is 1. The molecule has 0 bridgehead atoms. The Morgan fingerprint density at radius 3 is 2.72 bits per heavy atom. The smallest absolute Gasteiger partial charge is 0.268 e. The van der Waals surface area contributed by atoms with Crippen LogP contribution in [0.5, 0.6) is 5.75 Å². The van der Waals surface area contributed by atoms with Crippen molar-refractivity contribution in [2.45, 2.75) is 50.6 Å². The van der Waals surface area contributed by atoms with Crippen molar-refractivity contribution < 1.29 is 23.9 Å². The van der Waals surface area contributed by atoms with Crippen LogP contribution >= 0.6 is 0 Å². The first-order valence-electron chi connectivity index (χ1n) is 12.3. The summed E-state index contributed by atoms with van der Waals surface area (Å²) in [5, 5.41) is 18.9. The van der Waals surface area contributed by atoms with Gasteiger partial charge in [0.15, 0.2) is 0 Å². The summed E-state index contributed by atoms with van der Waals surface area (Å²) in [6.07, 6.45) is 3.01. The van der Waals surface area contributed by atoms with Gasteiger partial charge >= 0.3 is 0 Å². The lowest BCUT2D eigenvalue weighted by atomic mass is 9.64. The number of H-pyrrole nitrogens is 1. The number of imide groups is 1. The van der Waals surface area contributed by atoms with Gasteiger partial charge in [-0.2, -0.15) is 5.26 Å². The molecular formula is C26H29N5O5. The van der Waals surface area contributed by atoms with Crippen LogP contribution in [0.15, 0.2) is 24.3 Å². The molecule has 188 valence electrons. The number of ether oxygens (including phenoxy) is 1. The van der Waals surface area contributed by atoms with Crippen LogP contribution in [0.25, 0.3) is 10.9 Å². The molecule has 4 N–H and O–H groups in total. The predicted octanol–water partition coefficient (Wildman–Crippen LogP) is 1.77. The predicted molar refractivity (Wildman–Crippen MR) is 128 cm³/mol. The van der Waals surface area contributed by atoms with Gasteiger partial charge in [-0.1, -0.05) is 25.8 Å². The first-order chi connectivity index (χ1) is 17.3. The maximum atomic E-state index is 13.5. The van der Waals surface area contributed by atoms with Crippen molar-refractivity contribution in [2.75, 3.05) is 7.11 Å². The summed E-state index contributed by atoms with van der Waals surface area (Å²) in [4.78, 5) is 54.2. The number of nitrogens with one attached hydrogen (secondary N) is 4. The van der Waals surface area contributed by atoms with Crippen molar-refractivity contribution >= 4 is 34.5 Å². The van der Waals surface area contributed by atoms with E-state index < -0.39 is 47.1 Å². The number of aromatic nitrogens is 1. The van der Waals surface area contributed by atoms with Crippen LogP contribution in [0.1, 0.15) is 49.5 Å². The molecule has 5 atom stereocenters. The highest BCUT2D eigenvalue weighted by atomic mass is 16.5. The second-order valence-corrected chi connectivity index (χ2v) is 10.2. The second kappa shape index (κ2) is 8.97. The van der Waals surface area contributed by atoms with Crippen LogP contribution in [-0.2, 0) is 14.4 Å². The third-order valence-corrected chi connectivity index (χ3v) is 8.01. The van der Waals surface area contributed by atoms with E-state index in [2.05, 4.69) is 27.0 Å². The molecule has 1 saturated heterocycles. The molecule has 10 heteroatoms. The molecule has 1 aliphatic heterocycles. The quantitative estimate of drug-likeness (QED) is 0.433. The summed E-state index contributed by atoms with van der Waals surface area (Å²) < 4.78 is 5.37. The van der Waals surface area contributed by atoms with Gasteiger partial charge in [0.2, 0.25) is 17.7 Å². The van der Waals surface area contributed by atoms with Gasteiger partial charge in [0.05, 0.1) is 25.0 Å².